The lowest BCUT2D eigenvalue weighted by molar-refractivity contribution is -0.124. The predicted octanol–water partition coefficient (Wildman–Crippen LogP) is 4.95. The molecule has 2 aromatic rings. The molecule has 2 aromatic carbocycles. The quantitative estimate of drug-likeness (QED) is 0.701. The molecule has 1 heteroatoms. The van der Waals surface area contributed by atoms with Crippen molar-refractivity contribution in [3.8, 4) is 0 Å². The first kappa shape index (κ1) is 15.5. The molecule has 110 valence electrons. The molecule has 2 rings (SSSR count). The third-order valence-corrected chi connectivity index (χ3v) is 4.18. The number of carbonyl (C=O) groups excluding carboxylic acids is 1. The Kier molecular flexibility index (Phi) is 5.32. The fraction of sp³-hybridized carbons (Fsp3) is 0.350. The molecule has 0 aliphatic heterocycles. The molecule has 0 radical (unpaired) electrons. The summed E-state index contributed by atoms with van der Waals surface area (Å²) in [5.41, 5.74) is 1.90. The van der Waals surface area contributed by atoms with Gasteiger partial charge in [-0.2, -0.15) is 0 Å². The molecule has 0 aliphatic carbocycles. The van der Waals surface area contributed by atoms with Crippen molar-refractivity contribution >= 4 is 5.78 Å². The minimum atomic E-state index is -0.433. The van der Waals surface area contributed by atoms with Gasteiger partial charge in [0.25, 0.3) is 0 Å². The monoisotopic (exact) mass is 280 g/mol. The fourth-order valence-corrected chi connectivity index (χ4v) is 2.78. The number of Topliss-reactive ketones (excluding diaryl/α,β-unsaturated/α-hetero) is 1. The van der Waals surface area contributed by atoms with E-state index in [-0.39, 0.29) is 0 Å². The molecule has 0 N–H and O–H groups in total. The van der Waals surface area contributed by atoms with Gasteiger partial charge in [-0.3, -0.25) is 4.79 Å². The lowest BCUT2D eigenvalue weighted by Crippen LogP contribution is -2.35. The Morgan fingerprint density at radius 1 is 0.952 bits per heavy atom. The Hall–Kier alpha value is -1.89. The van der Waals surface area contributed by atoms with E-state index in [4.69, 9.17) is 0 Å². The van der Waals surface area contributed by atoms with Crippen LogP contribution < -0.4 is 0 Å². The highest BCUT2D eigenvalue weighted by atomic mass is 16.1. The van der Waals surface area contributed by atoms with Gasteiger partial charge in [0.1, 0.15) is 5.78 Å². The maximum absolute atomic E-state index is 12.8. The van der Waals surface area contributed by atoms with Gasteiger partial charge in [0.05, 0.1) is 5.41 Å². The Balaban J connectivity index is 2.32. The summed E-state index contributed by atoms with van der Waals surface area (Å²) in [7, 11) is 0. The van der Waals surface area contributed by atoms with E-state index in [1.807, 2.05) is 36.4 Å². The predicted molar refractivity (Wildman–Crippen MR) is 88.5 cm³/mol. The normalized spacial score (nSPS) is 13.6. The number of carbonyl (C=O) groups is 1. The van der Waals surface area contributed by atoms with E-state index in [0.29, 0.717) is 12.2 Å². The van der Waals surface area contributed by atoms with E-state index in [0.717, 1.165) is 24.8 Å². The van der Waals surface area contributed by atoms with E-state index < -0.39 is 5.41 Å². The van der Waals surface area contributed by atoms with Gasteiger partial charge in [0.2, 0.25) is 0 Å². The average molecular weight is 280 g/mol. The highest BCUT2D eigenvalue weighted by Gasteiger charge is 2.34. The summed E-state index contributed by atoms with van der Waals surface area (Å²) in [6.45, 7) is 4.22. The van der Waals surface area contributed by atoms with Crippen LogP contribution in [0.15, 0.2) is 60.7 Å². The highest BCUT2D eigenvalue weighted by Crippen LogP contribution is 2.31. The molecule has 21 heavy (non-hydrogen) atoms. The van der Waals surface area contributed by atoms with Gasteiger partial charge >= 0.3 is 0 Å². The topological polar surface area (TPSA) is 17.1 Å². The Bertz CT molecular complexity index is 559. The largest absolute Gasteiger partial charge is 0.299 e. The number of rotatable bonds is 7. The molecular formula is C20H24O. The van der Waals surface area contributed by atoms with Gasteiger partial charge in [-0.25, -0.2) is 0 Å². The van der Waals surface area contributed by atoms with Gasteiger partial charge in [-0.05, 0) is 30.9 Å². The maximum atomic E-state index is 12.8. The molecule has 1 atom stereocenters. The molecule has 0 aliphatic rings. The van der Waals surface area contributed by atoms with Crippen LogP contribution in [0.3, 0.4) is 0 Å². The summed E-state index contributed by atoms with van der Waals surface area (Å²) in [6, 6.07) is 20.5. The molecule has 0 fully saturated rings. The molecule has 1 unspecified atom stereocenters. The van der Waals surface area contributed by atoms with Crippen LogP contribution in [0, 0.1) is 0 Å². The first-order chi connectivity index (χ1) is 10.2. The Labute approximate surface area is 128 Å². The zero-order chi connectivity index (χ0) is 15.1. The van der Waals surface area contributed by atoms with Gasteiger partial charge in [0.15, 0.2) is 0 Å². The van der Waals surface area contributed by atoms with Crippen molar-refractivity contribution in [1.29, 1.82) is 0 Å². The van der Waals surface area contributed by atoms with E-state index in [1.54, 1.807) is 0 Å². The van der Waals surface area contributed by atoms with Crippen molar-refractivity contribution < 1.29 is 4.79 Å². The number of unbranched alkanes of at least 4 members (excludes halogenated alkanes) is 1. The second-order valence-corrected chi connectivity index (χ2v) is 5.89. The average Bonchev–Trinajstić information content (AvgIpc) is 2.54. The van der Waals surface area contributed by atoms with Crippen LogP contribution in [-0.2, 0) is 16.6 Å². The first-order valence-electron chi connectivity index (χ1n) is 7.79. The van der Waals surface area contributed by atoms with Gasteiger partial charge < -0.3 is 0 Å². The Morgan fingerprint density at radius 3 is 2.10 bits per heavy atom. The van der Waals surface area contributed by atoms with Crippen molar-refractivity contribution in [2.75, 3.05) is 0 Å². The van der Waals surface area contributed by atoms with Crippen LogP contribution in [0.4, 0.5) is 0 Å². The van der Waals surface area contributed by atoms with Gasteiger partial charge in [0, 0.05) is 6.42 Å². The molecule has 0 saturated carbocycles. The standard InChI is InChI=1S/C20H24O/c1-3-4-15-19(21)20(2,18-13-9-6-10-14-18)16-17-11-7-5-8-12-17/h5-14H,3-4,15-16H2,1-2H3. The summed E-state index contributed by atoms with van der Waals surface area (Å²) in [5.74, 6) is 0.347. The maximum Gasteiger partial charge on any atom is 0.143 e. The van der Waals surface area contributed by atoms with Gasteiger partial charge in [-0.15, -0.1) is 0 Å². The molecule has 1 nitrogen and oxygen atoms in total. The second kappa shape index (κ2) is 7.21. The molecule has 0 spiro atoms. The number of benzene rings is 2. The molecule has 0 saturated heterocycles. The van der Waals surface area contributed by atoms with Crippen LogP contribution in [0.5, 0.6) is 0 Å². The van der Waals surface area contributed by atoms with Crippen molar-refractivity contribution in [3.05, 3.63) is 71.8 Å². The number of ketones is 1. The van der Waals surface area contributed by atoms with Crippen molar-refractivity contribution in [2.24, 2.45) is 0 Å². The lowest BCUT2D eigenvalue weighted by atomic mass is 9.72. The Morgan fingerprint density at radius 2 is 1.52 bits per heavy atom. The summed E-state index contributed by atoms with van der Waals surface area (Å²) < 4.78 is 0. The van der Waals surface area contributed by atoms with E-state index in [1.165, 1.54) is 5.56 Å². The zero-order valence-corrected chi connectivity index (χ0v) is 13.0. The molecular weight excluding hydrogens is 256 g/mol. The van der Waals surface area contributed by atoms with Crippen molar-refractivity contribution in [1.82, 2.24) is 0 Å². The minimum Gasteiger partial charge on any atom is -0.299 e. The fourth-order valence-electron chi connectivity index (χ4n) is 2.78. The first-order valence-corrected chi connectivity index (χ1v) is 7.79. The van der Waals surface area contributed by atoms with Crippen LogP contribution in [0.2, 0.25) is 0 Å². The third-order valence-electron chi connectivity index (χ3n) is 4.18. The third kappa shape index (κ3) is 3.81. The minimum absolute atomic E-state index is 0.347. The van der Waals surface area contributed by atoms with E-state index in [9.17, 15) is 4.79 Å². The summed E-state index contributed by atoms with van der Waals surface area (Å²) in [6.07, 6.45) is 3.45. The summed E-state index contributed by atoms with van der Waals surface area (Å²) >= 11 is 0. The smallest absolute Gasteiger partial charge is 0.143 e. The molecule has 0 aromatic heterocycles. The lowest BCUT2D eigenvalue weighted by Gasteiger charge is -2.29. The van der Waals surface area contributed by atoms with Crippen LogP contribution in [0.25, 0.3) is 0 Å². The summed E-state index contributed by atoms with van der Waals surface area (Å²) in [4.78, 5) is 12.8. The second-order valence-electron chi connectivity index (χ2n) is 5.89. The van der Waals surface area contributed by atoms with Crippen LogP contribution in [0.1, 0.15) is 44.2 Å². The zero-order valence-electron chi connectivity index (χ0n) is 13.0. The van der Waals surface area contributed by atoms with Crippen LogP contribution >= 0.6 is 0 Å². The van der Waals surface area contributed by atoms with E-state index >= 15 is 0 Å². The molecule has 0 bridgehead atoms. The summed E-state index contributed by atoms with van der Waals surface area (Å²) in [5, 5.41) is 0. The highest BCUT2D eigenvalue weighted by molar-refractivity contribution is 5.90. The number of hydrogen-bond donors (Lipinski definition) is 0. The van der Waals surface area contributed by atoms with Crippen molar-refractivity contribution in [3.63, 3.8) is 0 Å². The molecule has 0 amide bonds. The number of hydrogen-bond acceptors (Lipinski definition) is 1. The van der Waals surface area contributed by atoms with Crippen LogP contribution in [-0.4, -0.2) is 5.78 Å². The van der Waals surface area contributed by atoms with E-state index in [2.05, 4.69) is 38.1 Å². The molecule has 0 heterocycles. The van der Waals surface area contributed by atoms with Gasteiger partial charge in [-0.1, -0.05) is 74.0 Å². The SMILES string of the molecule is CCCCC(=O)C(C)(Cc1ccccc1)c1ccccc1. The van der Waals surface area contributed by atoms with Crippen molar-refractivity contribution in [2.45, 2.75) is 44.9 Å².